The summed E-state index contributed by atoms with van der Waals surface area (Å²) in [6.07, 6.45) is 2.18. The molecule has 0 aliphatic carbocycles. The van der Waals surface area contributed by atoms with Crippen molar-refractivity contribution < 1.29 is 9.90 Å². The average molecular weight is 461 g/mol. The monoisotopic (exact) mass is 459 g/mol. The number of carboxylic acids is 1. The summed E-state index contributed by atoms with van der Waals surface area (Å²) >= 11 is 17.1. The fraction of sp³-hybridized carbons (Fsp3) is 0.188. The zero-order valence-electron chi connectivity index (χ0n) is 12.7. The second kappa shape index (κ2) is 7.86. The van der Waals surface area contributed by atoms with Crippen LogP contribution in [-0.2, 0) is 4.79 Å². The van der Waals surface area contributed by atoms with E-state index >= 15 is 0 Å². The molecule has 9 heteroatoms. The number of benzene rings is 1. The van der Waals surface area contributed by atoms with E-state index in [9.17, 15) is 9.90 Å². The number of rotatable bonds is 5. The minimum atomic E-state index is -1.04. The zero-order valence-corrected chi connectivity index (χ0v) is 16.6. The minimum absolute atomic E-state index is 0.170. The Hall–Kier alpha value is -1.41. The van der Waals surface area contributed by atoms with Gasteiger partial charge < -0.3 is 10.4 Å². The molecule has 2 heterocycles. The molecule has 0 fully saturated rings. The number of aliphatic carboxylic acids is 1. The van der Waals surface area contributed by atoms with Crippen LogP contribution in [0, 0.1) is 0 Å². The summed E-state index contributed by atoms with van der Waals surface area (Å²) < 4.78 is 0. The number of nitrogens with one attached hydrogen (secondary N) is 1. The number of hydrogen-bond donors (Lipinski definition) is 2. The summed E-state index contributed by atoms with van der Waals surface area (Å²) in [6.45, 7) is 0. The van der Waals surface area contributed by atoms with E-state index in [1.54, 1.807) is 24.4 Å². The van der Waals surface area contributed by atoms with Crippen LogP contribution in [0.3, 0.4) is 0 Å². The highest BCUT2D eigenvalue weighted by molar-refractivity contribution is 9.09. The van der Waals surface area contributed by atoms with Gasteiger partial charge in [-0.2, -0.15) is 0 Å². The molecular weight excluding hydrogens is 449 g/mol. The molecule has 1 atom stereocenters. The van der Waals surface area contributed by atoms with Crippen molar-refractivity contribution in [2.45, 2.75) is 12.5 Å². The van der Waals surface area contributed by atoms with E-state index in [1.807, 2.05) is 5.38 Å². The molecule has 130 valence electrons. The number of aliphatic imine (C=N–C) groups is 1. The molecule has 0 amide bonds. The highest BCUT2D eigenvalue weighted by Gasteiger charge is 2.32. The van der Waals surface area contributed by atoms with Crippen molar-refractivity contribution in [3.05, 3.63) is 61.7 Å². The van der Waals surface area contributed by atoms with Crippen LogP contribution in [0.1, 0.15) is 23.0 Å². The van der Waals surface area contributed by atoms with E-state index in [2.05, 4.69) is 31.2 Å². The Bertz CT molecular complexity index is 868. The molecule has 0 unspecified atom stereocenters. The summed E-state index contributed by atoms with van der Waals surface area (Å²) in [5, 5.41) is 16.9. The first-order valence-electron chi connectivity index (χ1n) is 7.23. The van der Waals surface area contributed by atoms with E-state index < -0.39 is 12.0 Å². The van der Waals surface area contributed by atoms with Gasteiger partial charge in [0.05, 0.1) is 5.57 Å². The molecule has 0 radical (unpaired) electrons. The van der Waals surface area contributed by atoms with Crippen LogP contribution < -0.4 is 5.32 Å². The Morgan fingerprint density at radius 3 is 2.80 bits per heavy atom. The van der Waals surface area contributed by atoms with E-state index in [4.69, 9.17) is 23.2 Å². The highest BCUT2D eigenvalue weighted by Crippen LogP contribution is 2.37. The lowest BCUT2D eigenvalue weighted by molar-refractivity contribution is -0.133. The molecule has 1 aliphatic rings. The quantitative estimate of drug-likeness (QED) is 0.636. The summed E-state index contributed by atoms with van der Waals surface area (Å²) in [6, 6.07) is 4.23. The van der Waals surface area contributed by atoms with Gasteiger partial charge in [0, 0.05) is 38.2 Å². The van der Waals surface area contributed by atoms with E-state index in [-0.39, 0.29) is 5.57 Å². The Morgan fingerprint density at radius 1 is 1.40 bits per heavy atom. The number of allylic oxidation sites excluding steroid dienone is 1. The maximum Gasteiger partial charge on any atom is 0.335 e. The third-order valence-corrected chi connectivity index (χ3v) is 5.33. The molecule has 0 saturated heterocycles. The molecule has 3 rings (SSSR count). The first-order chi connectivity index (χ1) is 12.0. The molecule has 1 aromatic heterocycles. The second-order valence-corrected chi connectivity index (χ2v) is 7.68. The van der Waals surface area contributed by atoms with Crippen molar-refractivity contribution in [2.24, 2.45) is 4.99 Å². The van der Waals surface area contributed by atoms with E-state index in [0.717, 1.165) is 0 Å². The summed E-state index contributed by atoms with van der Waals surface area (Å²) in [7, 11) is 0. The maximum atomic E-state index is 11.9. The van der Waals surface area contributed by atoms with Crippen LogP contribution in [0.25, 0.3) is 0 Å². The molecule has 0 bridgehead atoms. The van der Waals surface area contributed by atoms with Crippen molar-refractivity contribution in [3.63, 3.8) is 0 Å². The molecule has 2 N–H and O–H groups in total. The third kappa shape index (κ3) is 3.89. The van der Waals surface area contributed by atoms with Crippen molar-refractivity contribution >= 4 is 62.3 Å². The van der Waals surface area contributed by atoms with Crippen molar-refractivity contribution in [3.8, 4) is 0 Å². The van der Waals surface area contributed by atoms with Crippen LogP contribution in [0.2, 0.25) is 10.0 Å². The standard InChI is InChI=1S/C16H12BrCl2N3O2S/c17-4-3-11-12(16(23)24)13(9-2-1-8(18)7-10(9)19)22-14(21-11)15-20-5-6-25-15/h1-2,5-7,13H,3-4H2,(H,21,22)(H,23,24)/t13-/m0/s1. The van der Waals surface area contributed by atoms with Crippen LogP contribution in [0.4, 0.5) is 0 Å². The Labute approximate surface area is 166 Å². The maximum absolute atomic E-state index is 11.9. The number of thiazole rings is 1. The lowest BCUT2D eigenvalue weighted by atomic mass is 9.95. The fourth-order valence-corrected chi connectivity index (χ4v) is 4.03. The molecule has 5 nitrogen and oxygen atoms in total. The SMILES string of the molecule is O=C(O)C1=C(CCBr)NC(c2nccs2)=N[C@H]1c1ccc(Cl)cc1Cl. The van der Waals surface area contributed by atoms with Gasteiger partial charge in [-0.25, -0.2) is 9.78 Å². The number of alkyl halides is 1. The molecule has 25 heavy (non-hydrogen) atoms. The van der Waals surface area contributed by atoms with Gasteiger partial charge in [0.25, 0.3) is 0 Å². The largest absolute Gasteiger partial charge is 0.478 e. The van der Waals surface area contributed by atoms with Gasteiger partial charge in [0.1, 0.15) is 6.04 Å². The Balaban J connectivity index is 2.16. The Kier molecular flexibility index (Phi) is 5.78. The summed E-state index contributed by atoms with van der Waals surface area (Å²) in [4.78, 5) is 20.8. The van der Waals surface area contributed by atoms with Crippen LogP contribution >= 0.6 is 50.5 Å². The lowest BCUT2D eigenvalue weighted by Gasteiger charge is -2.26. The van der Waals surface area contributed by atoms with Gasteiger partial charge in [0.15, 0.2) is 10.8 Å². The lowest BCUT2D eigenvalue weighted by Crippen LogP contribution is -2.33. The zero-order chi connectivity index (χ0) is 18.0. The van der Waals surface area contributed by atoms with Gasteiger partial charge in [-0.1, -0.05) is 45.2 Å². The van der Waals surface area contributed by atoms with Crippen molar-refractivity contribution in [1.82, 2.24) is 10.3 Å². The van der Waals surface area contributed by atoms with Crippen molar-refractivity contribution in [1.29, 1.82) is 0 Å². The first-order valence-corrected chi connectivity index (χ1v) is 9.99. The van der Waals surface area contributed by atoms with Gasteiger partial charge >= 0.3 is 5.97 Å². The van der Waals surface area contributed by atoms with Gasteiger partial charge in [0.2, 0.25) is 0 Å². The Morgan fingerprint density at radius 2 is 2.20 bits per heavy atom. The molecule has 0 saturated carbocycles. The number of halogens is 3. The van der Waals surface area contributed by atoms with Crippen LogP contribution in [-0.4, -0.2) is 27.2 Å². The predicted octanol–water partition coefficient (Wildman–Crippen LogP) is 4.66. The number of hydrogen-bond acceptors (Lipinski definition) is 5. The molecule has 1 aromatic carbocycles. The first kappa shape index (κ1) is 18.4. The minimum Gasteiger partial charge on any atom is -0.478 e. The van der Waals surface area contributed by atoms with E-state index in [1.165, 1.54) is 11.3 Å². The number of aromatic nitrogens is 1. The second-order valence-electron chi connectivity index (χ2n) is 5.14. The number of amidine groups is 1. The number of carbonyl (C=O) groups is 1. The molecule has 0 spiro atoms. The molecule has 2 aromatic rings. The summed E-state index contributed by atoms with van der Waals surface area (Å²) in [5.74, 6) is -0.506. The fourth-order valence-electron chi connectivity index (χ4n) is 2.54. The topological polar surface area (TPSA) is 74.6 Å². The predicted molar refractivity (Wildman–Crippen MR) is 104 cm³/mol. The third-order valence-electron chi connectivity index (χ3n) is 3.59. The number of nitrogens with zero attached hydrogens (tertiary/aromatic N) is 2. The van der Waals surface area contributed by atoms with Gasteiger partial charge in [-0.05, 0) is 18.6 Å². The smallest absolute Gasteiger partial charge is 0.335 e. The summed E-state index contributed by atoms with van der Waals surface area (Å²) in [5.41, 5.74) is 1.34. The van der Waals surface area contributed by atoms with E-state index in [0.29, 0.717) is 43.9 Å². The number of carboxylic acid groups (broad SMARTS) is 1. The van der Waals surface area contributed by atoms with Gasteiger partial charge in [-0.3, -0.25) is 4.99 Å². The van der Waals surface area contributed by atoms with Crippen LogP contribution in [0.5, 0.6) is 0 Å². The normalized spacial score (nSPS) is 17.2. The van der Waals surface area contributed by atoms with Crippen molar-refractivity contribution in [2.75, 3.05) is 5.33 Å². The highest BCUT2D eigenvalue weighted by atomic mass is 79.9. The molecular formula is C16H12BrCl2N3O2S. The van der Waals surface area contributed by atoms with Gasteiger partial charge in [-0.15, -0.1) is 11.3 Å². The van der Waals surface area contributed by atoms with Crippen LogP contribution in [0.15, 0.2) is 46.0 Å². The average Bonchev–Trinajstić information content (AvgIpc) is 3.08. The molecule has 1 aliphatic heterocycles.